The van der Waals surface area contributed by atoms with Gasteiger partial charge in [0.25, 0.3) is 0 Å². The first-order valence-electron chi connectivity index (χ1n) is 3.93. The molecule has 0 rings (SSSR count). The van der Waals surface area contributed by atoms with Gasteiger partial charge >= 0.3 is 0 Å². The van der Waals surface area contributed by atoms with Crippen molar-refractivity contribution in [3.05, 3.63) is 0 Å². The van der Waals surface area contributed by atoms with Crippen molar-refractivity contribution < 1.29 is 10.2 Å². The fourth-order valence-electron chi connectivity index (χ4n) is 0.956. The molecule has 0 radical (unpaired) electrons. The van der Waals surface area contributed by atoms with Gasteiger partial charge in [0.2, 0.25) is 0 Å². The summed E-state index contributed by atoms with van der Waals surface area (Å²) in [6.45, 7) is 0.208. The molecule has 4 heteroatoms. The SMILES string of the molecule is NC(CCO)CC(N)CCO. The molecular formula is C7H18N2O2. The van der Waals surface area contributed by atoms with Gasteiger partial charge in [-0.15, -0.1) is 0 Å². The minimum atomic E-state index is -0.0402. The van der Waals surface area contributed by atoms with Gasteiger partial charge in [-0.25, -0.2) is 0 Å². The lowest BCUT2D eigenvalue weighted by Crippen LogP contribution is -2.32. The Labute approximate surface area is 67.2 Å². The smallest absolute Gasteiger partial charge is 0.0445 e. The third kappa shape index (κ3) is 6.25. The second-order valence-corrected chi connectivity index (χ2v) is 2.78. The van der Waals surface area contributed by atoms with E-state index in [9.17, 15) is 0 Å². The van der Waals surface area contributed by atoms with Crippen LogP contribution in [0.3, 0.4) is 0 Å². The lowest BCUT2D eigenvalue weighted by Gasteiger charge is -2.14. The zero-order valence-electron chi connectivity index (χ0n) is 6.74. The molecule has 0 amide bonds. The van der Waals surface area contributed by atoms with Crippen molar-refractivity contribution in [2.75, 3.05) is 13.2 Å². The van der Waals surface area contributed by atoms with Crippen molar-refractivity contribution in [3.63, 3.8) is 0 Å². The summed E-state index contributed by atoms with van der Waals surface area (Å²) in [7, 11) is 0. The van der Waals surface area contributed by atoms with E-state index in [0.717, 1.165) is 0 Å². The Morgan fingerprint density at radius 1 is 0.909 bits per heavy atom. The van der Waals surface area contributed by atoms with Crippen molar-refractivity contribution in [1.29, 1.82) is 0 Å². The monoisotopic (exact) mass is 162 g/mol. The zero-order valence-corrected chi connectivity index (χ0v) is 6.74. The van der Waals surface area contributed by atoms with Crippen molar-refractivity contribution in [1.82, 2.24) is 0 Å². The largest absolute Gasteiger partial charge is 0.396 e. The molecule has 6 N–H and O–H groups in total. The van der Waals surface area contributed by atoms with Crippen LogP contribution in [-0.4, -0.2) is 35.5 Å². The molecule has 0 aliphatic heterocycles. The Kier molecular flexibility index (Phi) is 6.45. The molecule has 68 valence electrons. The summed E-state index contributed by atoms with van der Waals surface area (Å²) in [5.41, 5.74) is 11.2. The van der Waals surface area contributed by atoms with Gasteiger partial charge in [-0.2, -0.15) is 0 Å². The number of rotatable bonds is 6. The third-order valence-electron chi connectivity index (χ3n) is 1.61. The zero-order chi connectivity index (χ0) is 8.69. The minimum absolute atomic E-state index is 0.0402. The molecule has 0 aromatic carbocycles. The minimum Gasteiger partial charge on any atom is -0.396 e. The van der Waals surface area contributed by atoms with Gasteiger partial charge < -0.3 is 21.7 Å². The fraction of sp³-hybridized carbons (Fsp3) is 1.00. The van der Waals surface area contributed by atoms with Gasteiger partial charge in [0, 0.05) is 25.3 Å². The molecular weight excluding hydrogens is 144 g/mol. The lowest BCUT2D eigenvalue weighted by molar-refractivity contribution is 0.254. The summed E-state index contributed by atoms with van der Waals surface area (Å²) in [6.07, 6.45) is 1.83. The molecule has 0 aromatic heterocycles. The quantitative estimate of drug-likeness (QED) is 0.394. The van der Waals surface area contributed by atoms with E-state index < -0.39 is 0 Å². The first-order chi connectivity index (χ1) is 5.20. The summed E-state index contributed by atoms with van der Waals surface area (Å²) in [6, 6.07) is -0.0805. The highest BCUT2D eigenvalue weighted by atomic mass is 16.3. The van der Waals surface area contributed by atoms with Crippen LogP contribution in [0.2, 0.25) is 0 Å². The van der Waals surface area contributed by atoms with Crippen LogP contribution in [0.15, 0.2) is 0 Å². The van der Waals surface area contributed by atoms with Crippen molar-refractivity contribution >= 4 is 0 Å². The van der Waals surface area contributed by atoms with Crippen LogP contribution in [0.1, 0.15) is 19.3 Å². The Hall–Kier alpha value is -0.160. The van der Waals surface area contributed by atoms with E-state index in [-0.39, 0.29) is 25.3 Å². The van der Waals surface area contributed by atoms with E-state index in [1.54, 1.807) is 0 Å². The van der Waals surface area contributed by atoms with Crippen LogP contribution < -0.4 is 11.5 Å². The molecule has 2 atom stereocenters. The standard InChI is InChI=1S/C7H18N2O2/c8-6(1-3-10)5-7(9)2-4-11/h6-7,10-11H,1-5,8-9H2. The molecule has 0 fully saturated rings. The van der Waals surface area contributed by atoms with Gasteiger partial charge in [-0.05, 0) is 19.3 Å². The molecule has 0 aliphatic rings. The van der Waals surface area contributed by atoms with Crippen LogP contribution in [0.4, 0.5) is 0 Å². The summed E-state index contributed by atoms with van der Waals surface area (Å²) in [5, 5.41) is 17.0. The summed E-state index contributed by atoms with van der Waals surface area (Å²) >= 11 is 0. The highest BCUT2D eigenvalue weighted by molar-refractivity contribution is 4.69. The number of nitrogens with two attached hydrogens (primary N) is 2. The molecule has 0 aliphatic carbocycles. The van der Waals surface area contributed by atoms with Crippen LogP contribution >= 0.6 is 0 Å². The highest BCUT2D eigenvalue weighted by Gasteiger charge is 2.07. The lowest BCUT2D eigenvalue weighted by atomic mass is 10.0. The molecule has 0 aromatic rings. The Bertz CT molecular complexity index is 80.5. The van der Waals surface area contributed by atoms with E-state index in [0.29, 0.717) is 19.3 Å². The molecule has 0 saturated carbocycles. The molecule has 0 bridgehead atoms. The highest BCUT2D eigenvalue weighted by Crippen LogP contribution is 2.00. The van der Waals surface area contributed by atoms with Crippen LogP contribution in [-0.2, 0) is 0 Å². The van der Waals surface area contributed by atoms with Crippen molar-refractivity contribution in [2.24, 2.45) is 11.5 Å². The van der Waals surface area contributed by atoms with Gasteiger partial charge in [-0.1, -0.05) is 0 Å². The second kappa shape index (κ2) is 6.54. The molecule has 0 saturated heterocycles. The second-order valence-electron chi connectivity index (χ2n) is 2.78. The van der Waals surface area contributed by atoms with Gasteiger partial charge in [0.05, 0.1) is 0 Å². The first-order valence-corrected chi connectivity index (χ1v) is 3.93. The van der Waals surface area contributed by atoms with E-state index in [1.165, 1.54) is 0 Å². The van der Waals surface area contributed by atoms with E-state index in [1.807, 2.05) is 0 Å². The number of hydrogen-bond acceptors (Lipinski definition) is 4. The van der Waals surface area contributed by atoms with Crippen LogP contribution in [0.5, 0.6) is 0 Å². The fourth-order valence-corrected chi connectivity index (χ4v) is 0.956. The number of aliphatic hydroxyl groups excluding tert-OH is 2. The van der Waals surface area contributed by atoms with Crippen molar-refractivity contribution in [2.45, 2.75) is 31.3 Å². The predicted molar refractivity (Wildman–Crippen MR) is 44.0 cm³/mol. The van der Waals surface area contributed by atoms with E-state index in [2.05, 4.69) is 0 Å². The molecule has 0 heterocycles. The molecule has 11 heavy (non-hydrogen) atoms. The molecule has 4 nitrogen and oxygen atoms in total. The van der Waals surface area contributed by atoms with E-state index in [4.69, 9.17) is 21.7 Å². The Balaban J connectivity index is 3.32. The summed E-state index contributed by atoms with van der Waals surface area (Å²) in [4.78, 5) is 0. The summed E-state index contributed by atoms with van der Waals surface area (Å²) in [5.74, 6) is 0. The average Bonchev–Trinajstić information content (AvgIpc) is 1.87. The maximum Gasteiger partial charge on any atom is 0.0445 e. The van der Waals surface area contributed by atoms with Crippen molar-refractivity contribution in [3.8, 4) is 0 Å². The normalized spacial score (nSPS) is 16.4. The van der Waals surface area contributed by atoms with Gasteiger partial charge in [-0.3, -0.25) is 0 Å². The van der Waals surface area contributed by atoms with Crippen LogP contribution in [0, 0.1) is 0 Å². The van der Waals surface area contributed by atoms with Gasteiger partial charge in [0.1, 0.15) is 0 Å². The average molecular weight is 162 g/mol. The number of aliphatic hydroxyl groups is 2. The predicted octanol–water partition coefficient (Wildman–Crippen LogP) is -1.20. The third-order valence-corrected chi connectivity index (χ3v) is 1.61. The maximum absolute atomic E-state index is 8.51. The topological polar surface area (TPSA) is 92.5 Å². The number of hydrogen-bond donors (Lipinski definition) is 4. The van der Waals surface area contributed by atoms with Gasteiger partial charge in [0.15, 0.2) is 0 Å². The molecule has 2 unspecified atom stereocenters. The Morgan fingerprint density at radius 2 is 1.27 bits per heavy atom. The Morgan fingerprint density at radius 3 is 1.55 bits per heavy atom. The van der Waals surface area contributed by atoms with Crippen LogP contribution in [0.25, 0.3) is 0 Å². The molecule has 0 spiro atoms. The maximum atomic E-state index is 8.51. The summed E-state index contributed by atoms with van der Waals surface area (Å²) < 4.78 is 0. The van der Waals surface area contributed by atoms with E-state index >= 15 is 0 Å². The first kappa shape index (κ1) is 10.8.